The largest absolute Gasteiger partial charge is 0.497 e. The van der Waals surface area contributed by atoms with Gasteiger partial charge in [-0.05, 0) is 37.1 Å². The van der Waals surface area contributed by atoms with Gasteiger partial charge in [0.25, 0.3) is 5.91 Å². The first-order chi connectivity index (χ1) is 13.1. The number of rotatable bonds is 7. The summed E-state index contributed by atoms with van der Waals surface area (Å²) in [6, 6.07) is 6.84. The molecule has 2 N–H and O–H groups in total. The Labute approximate surface area is 165 Å². The van der Waals surface area contributed by atoms with Crippen molar-refractivity contribution in [3.05, 3.63) is 29.8 Å². The lowest BCUT2D eigenvalue weighted by Crippen LogP contribution is -2.57. The number of thioether (sulfide) groups is 1. The molecule has 1 aromatic carbocycles. The van der Waals surface area contributed by atoms with Gasteiger partial charge in [-0.3, -0.25) is 14.5 Å². The van der Waals surface area contributed by atoms with Crippen molar-refractivity contribution in [3.63, 3.8) is 0 Å². The molecule has 1 heterocycles. The predicted octanol–water partition coefficient (Wildman–Crippen LogP) is 1.90. The molecule has 2 aliphatic rings. The lowest BCUT2D eigenvalue weighted by Gasteiger charge is -2.43. The van der Waals surface area contributed by atoms with Crippen molar-refractivity contribution >= 4 is 23.6 Å². The van der Waals surface area contributed by atoms with Gasteiger partial charge < -0.3 is 15.4 Å². The van der Waals surface area contributed by atoms with Crippen molar-refractivity contribution in [2.24, 2.45) is 0 Å². The predicted molar refractivity (Wildman–Crippen MR) is 108 cm³/mol. The van der Waals surface area contributed by atoms with Crippen LogP contribution in [0, 0.1) is 0 Å². The van der Waals surface area contributed by atoms with Gasteiger partial charge >= 0.3 is 0 Å². The summed E-state index contributed by atoms with van der Waals surface area (Å²) in [6.07, 6.45) is 4.76. The molecule has 7 heteroatoms. The molecule has 27 heavy (non-hydrogen) atoms. The van der Waals surface area contributed by atoms with Gasteiger partial charge in [0.05, 0.1) is 13.7 Å². The number of benzene rings is 1. The Hall–Kier alpha value is -1.73. The maximum Gasteiger partial charge on any atom is 0.251 e. The fourth-order valence-corrected chi connectivity index (χ4v) is 4.91. The number of ether oxygens (including phenoxy) is 1. The second-order valence-corrected chi connectivity index (χ2v) is 8.44. The van der Waals surface area contributed by atoms with E-state index in [1.165, 1.54) is 24.3 Å². The number of methoxy groups -OCH3 is 1. The summed E-state index contributed by atoms with van der Waals surface area (Å²) in [5, 5.41) is 5.76. The van der Waals surface area contributed by atoms with Gasteiger partial charge in [0.2, 0.25) is 5.91 Å². The Balaban J connectivity index is 1.47. The molecule has 1 aliphatic heterocycles. The molecule has 1 saturated heterocycles. The topological polar surface area (TPSA) is 70.7 Å². The molecule has 0 aromatic heterocycles. The molecule has 2 fully saturated rings. The van der Waals surface area contributed by atoms with Crippen LogP contribution < -0.4 is 15.4 Å². The number of nitrogens with zero attached hydrogens (tertiary/aromatic N) is 1. The Bertz CT molecular complexity index is 638. The molecule has 1 saturated carbocycles. The molecule has 6 nitrogen and oxygen atoms in total. The normalized spacial score (nSPS) is 19.4. The minimum atomic E-state index is -0.253. The van der Waals surface area contributed by atoms with Crippen molar-refractivity contribution in [2.45, 2.75) is 31.2 Å². The zero-order valence-electron chi connectivity index (χ0n) is 16.0. The Morgan fingerprint density at radius 2 is 1.78 bits per heavy atom. The van der Waals surface area contributed by atoms with Crippen LogP contribution in [-0.4, -0.2) is 67.0 Å². The standard InChI is InChI=1S/C20H29N3O3S/c1-26-17-6-4-16(5-7-17)19(25)21-14-18(24)22-15-20(8-2-3-9-20)23-10-12-27-13-11-23/h4-7H,2-3,8-15H2,1H3,(H,21,25)(H,22,24). The molecule has 0 unspecified atom stereocenters. The first kappa shape index (κ1) is 20.0. The van der Waals surface area contributed by atoms with E-state index in [0.29, 0.717) is 17.9 Å². The maximum absolute atomic E-state index is 12.3. The van der Waals surface area contributed by atoms with Crippen LogP contribution >= 0.6 is 11.8 Å². The minimum absolute atomic E-state index is 0.00318. The second kappa shape index (κ2) is 9.46. The average molecular weight is 392 g/mol. The summed E-state index contributed by atoms with van der Waals surface area (Å²) in [6.45, 7) is 2.88. The number of carbonyl (C=O) groups is 2. The third-order valence-corrected chi connectivity index (χ3v) is 6.53. The fraction of sp³-hybridized carbons (Fsp3) is 0.600. The first-order valence-electron chi connectivity index (χ1n) is 9.65. The van der Waals surface area contributed by atoms with E-state index in [9.17, 15) is 9.59 Å². The van der Waals surface area contributed by atoms with E-state index in [1.807, 2.05) is 11.8 Å². The van der Waals surface area contributed by atoms with Gasteiger partial charge in [0.15, 0.2) is 0 Å². The second-order valence-electron chi connectivity index (χ2n) is 7.22. The van der Waals surface area contributed by atoms with Crippen molar-refractivity contribution in [2.75, 3.05) is 44.8 Å². The van der Waals surface area contributed by atoms with Gasteiger partial charge in [0, 0.05) is 42.2 Å². The van der Waals surface area contributed by atoms with Crippen molar-refractivity contribution in [3.8, 4) is 5.75 Å². The molecule has 0 atom stereocenters. The van der Waals surface area contributed by atoms with E-state index < -0.39 is 0 Å². The highest BCUT2D eigenvalue weighted by molar-refractivity contribution is 7.99. The van der Waals surface area contributed by atoms with E-state index in [1.54, 1.807) is 31.4 Å². The SMILES string of the molecule is COc1ccc(C(=O)NCC(=O)NCC2(N3CCSCC3)CCCC2)cc1. The number of nitrogens with one attached hydrogen (secondary N) is 2. The van der Waals surface area contributed by atoms with E-state index in [4.69, 9.17) is 4.74 Å². The van der Waals surface area contributed by atoms with Gasteiger partial charge in [-0.25, -0.2) is 0 Å². The van der Waals surface area contributed by atoms with Crippen LogP contribution in [0.2, 0.25) is 0 Å². The Morgan fingerprint density at radius 3 is 2.41 bits per heavy atom. The smallest absolute Gasteiger partial charge is 0.251 e. The summed E-state index contributed by atoms with van der Waals surface area (Å²) in [5.74, 6) is 2.66. The summed E-state index contributed by atoms with van der Waals surface area (Å²) < 4.78 is 5.09. The van der Waals surface area contributed by atoms with Gasteiger partial charge in [0.1, 0.15) is 5.75 Å². The molecular formula is C20H29N3O3S. The molecule has 0 radical (unpaired) electrons. The average Bonchev–Trinajstić information content (AvgIpc) is 3.21. The quantitative estimate of drug-likeness (QED) is 0.743. The third-order valence-electron chi connectivity index (χ3n) is 5.59. The molecule has 3 rings (SSSR count). The van der Waals surface area contributed by atoms with Gasteiger partial charge in [-0.15, -0.1) is 0 Å². The summed E-state index contributed by atoms with van der Waals surface area (Å²) in [5.41, 5.74) is 0.623. The molecular weight excluding hydrogens is 362 g/mol. The summed E-state index contributed by atoms with van der Waals surface area (Å²) in [7, 11) is 1.58. The molecule has 0 spiro atoms. The van der Waals surface area contributed by atoms with E-state index in [0.717, 1.165) is 25.9 Å². The van der Waals surface area contributed by atoms with Crippen molar-refractivity contribution in [1.29, 1.82) is 0 Å². The molecule has 1 aromatic rings. The van der Waals surface area contributed by atoms with Crippen LogP contribution in [0.5, 0.6) is 5.75 Å². The number of hydrogen-bond acceptors (Lipinski definition) is 5. The first-order valence-corrected chi connectivity index (χ1v) is 10.8. The molecule has 2 amide bonds. The van der Waals surface area contributed by atoms with Crippen LogP contribution in [-0.2, 0) is 4.79 Å². The Morgan fingerprint density at radius 1 is 1.11 bits per heavy atom. The molecule has 0 bridgehead atoms. The van der Waals surface area contributed by atoms with Crippen molar-refractivity contribution in [1.82, 2.24) is 15.5 Å². The highest BCUT2D eigenvalue weighted by Gasteiger charge is 2.40. The highest BCUT2D eigenvalue weighted by Crippen LogP contribution is 2.36. The highest BCUT2D eigenvalue weighted by atomic mass is 32.2. The van der Waals surface area contributed by atoms with E-state index in [2.05, 4.69) is 15.5 Å². The van der Waals surface area contributed by atoms with E-state index in [-0.39, 0.29) is 23.9 Å². The summed E-state index contributed by atoms with van der Waals surface area (Å²) >= 11 is 2.01. The lowest BCUT2D eigenvalue weighted by molar-refractivity contribution is -0.120. The van der Waals surface area contributed by atoms with Crippen LogP contribution in [0.1, 0.15) is 36.0 Å². The third kappa shape index (κ3) is 5.17. The zero-order valence-corrected chi connectivity index (χ0v) is 16.8. The van der Waals surface area contributed by atoms with Crippen LogP contribution in [0.15, 0.2) is 24.3 Å². The fourth-order valence-electron chi connectivity index (χ4n) is 4.01. The van der Waals surface area contributed by atoms with Gasteiger partial charge in [-0.1, -0.05) is 12.8 Å². The lowest BCUT2D eigenvalue weighted by atomic mass is 9.94. The maximum atomic E-state index is 12.3. The monoisotopic (exact) mass is 391 g/mol. The van der Waals surface area contributed by atoms with Crippen molar-refractivity contribution < 1.29 is 14.3 Å². The number of carbonyl (C=O) groups excluding carboxylic acids is 2. The zero-order chi connectivity index (χ0) is 19.1. The molecule has 148 valence electrons. The minimum Gasteiger partial charge on any atom is -0.497 e. The Kier molecular flexibility index (Phi) is 7.01. The van der Waals surface area contributed by atoms with Gasteiger partial charge in [-0.2, -0.15) is 11.8 Å². The van der Waals surface area contributed by atoms with Crippen LogP contribution in [0.3, 0.4) is 0 Å². The number of amides is 2. The van der Waals surface area contributed by atoms with Crippen LogP contribution in [0.25, 0.3) is 0 Å². The number of hydrogen-bond donors (Lipinski definition) is 2. The van der Waals surface area contributed by atoms with Crippen LogP contribution in [0.4, 0.5) is 0 Å². The van der Waals surface area contributed by atoms with E-state index >= 15 is 0 Å². The molecule has 1 aliphatic carbocycles. The summed E-state index contributed by atoms with van der Waals surface area (Å²) in [4.78, 5) is 27.0.